The van der Waals surface area contributed by atoms with Crippen LogP contribution in [0.4, 0.5) is 5.69 Å². The van der Waals surface area contributed by atoms with E-state index in [1.807, 2.05) is 31.2 Å². The molecule has 1 amide bonds. The van der Waals surface area contributed by atoms with Gasteiger partial charge in [-0.15, -0.1) is 6.34 Å². The molecule has 27 heavy (non-hydrogen) atoms. The number of hydrogen-bond acceptors (Lipinski definition) is 1. The number of aliphatic imine (C=N–C) groups is 1. The van der Waals surface area contributed by atoms with Crippen molar-refractivity contribution in [2.75, 3.05) is 12.4 Å². The minimum absolute atomic E-state index is 0. The molecule has 0 aliphatic carbocycles. The van der Waals surface area contributed by atoms with E-state index < -0.39 is 0 Å². The van der Waals surface area contributed by atoms with E-state index >= 15 is 0 Å². The van der Waals surface area contributed by atoms with Crippen molar-refractivity contribution in [2.24, 2.45) is 4.99 Å². The van der Waals surface area contributed by atoms with E-state index in [4.69, 9.17) is 0 Å². The summed E-state index contributed by atoms with van der Waals surface area (Å²) in [7, 11) is 1.57. The second kappa shape index (κ2) is 9.91. The van der Waals surface area contributed by atoms with Crippen LogP contribution < -0.4 is 5.32 Å². The third-order valence-corrected chi connectivity index (χ3v) is 4.13. The van der Waals surface area contributed by atoms with Crippen molar-refractivity contribution in [3.63, 3.8) is 0 Å². The van der Waals surface area contributed by atoms with Gasteiger partial charge in [0, 0.05) is 44.0 Å². The second-order valence-corrected chi connectivity index (χ2v) is 7.09. The minimum Gasteiger partial charge on any atom is -0.475 e. The maximum absolute atomic E-state index is 12.6. The summed E-state index contributed by atoms with van der Waals surface area (Å²) in [5, 5.41) is 16.7. The molecule has 6 heteroatoms. The fraction of sp³-hybridized carbons (Fsp3) is 0.286. The summed E-state index contributed by atoms with van der Waals surface area (Å²) < 4.78 is 0. The zero-order valence-corrected chi connectivity index (χ0v) is 19.3. The Hall–Kier alpha value is -1.85. The number of benzene rings is 2. The number of hydrogen-bond donors (Lipinski definition) is 1. The number of anilines is 1. The van der Waals surface area contributed by atoms with Gasteiger partial charge in [0.1, 0.15) is 0 Å². The molecule has 0 fully saturated rings. The van der Waals surface area contributed by atoms with Gasteiger partial charge in [-0.3, -0.25) is 4.79 Å². The molecule has 0 aliphatic heterocycles. The van der Waals surface area contributed by atoms with Gasteiger partial charge in [-0.2, -0.15) is 0 Å². The molecule has 0 saturated carbocycles. The predicted molar refractivity (Wildman–Crippen MR) is 110 cm³/mol. The van der Waals surface area contributed by atoms with Crippen molar-refractivity contribution in [2.45, 2.75) is 33.1 Å². The molecule has 0 aliphatic rings. The number of amides is 1. The summed E-state index contributed by atoms with van der Waals surface area (Å²) in [6.07, 6.45) is 1.27. The molecule has 0 spiro atoms. The quantitative estimate of drug-likeness (QED) is 0.537. The fourth-order valence-corrected chi connectivity index (χ4v) is 2.51. The summed E-state index contributed by atoms with van der Waals surface area (Å²) >= 11 is 0. The molecule has 0 aromatic heterocycles. The maximum Gasteiger partial charge on any atom is 0.255 e. The predicted octanol–water partition coefficient (Wildman–Crippen LogP) is 4.89. The third-order valence-electron chi connectivity index (χ3n) is 4.13. The Kier molecular flexibility index (Phi) is 8.51. The summed E-state index contributed by atoms with van der Waals surface area (Å²) in [4.78, 5) is 16.4. The molecule has 5 nitrogen and oxygen atoms in total. The Morgan fingerprint density at radius 3 is 2.33 bits per heavy atom. The SMILES string of the molecule is C[N-]C=NC(=[N-])c1cccc(NC(=O)c2ccc(C(C)(C)C)cc2)c1C.[Y]. The summed E-state index contributed by atoms with van der Waals surface area (Å²) in [6, 6.07) is 12.9. The zero-order valence-electron chi connectivity index (χ0n) is 16.4. The summed E-state index contributed by atoms with van der Waals surface area (Å²) in [6.45, 7) is 8.22. The van der Waals surface area contributed by atoms with Gasteiger partial charge >= 0.3 is 0 Å². The van der Waals surface area contributed by atoms with Crippen LogP contribution in [0.25, 0.3) is 10.7 Å². The fourth-order valence-electron chi connectivity index (χ4n) is 2.51. The van der Waals surface area contributed by atoms with Gasteiger partial charge in [0.25, 0.3) is 5.91 Å². The topological polar surface area (TPSA) is 77.9 Å². The Balaban J connectivity index is 0.00000364. The van der Waals surface area contributed by atoms with Gasteiger partial charge in [0.15, 0.2) is 0 Å². The standard InChI is InChI=1S/C21H25N4O.Y/c1-14-17(19(22)24-13-23-5)7-6-8-18(14)25-20(26)15-9-11-16(12-10-15)21(2,3)4;/h6-13H,1-5H3,(H2-,22,23,24,25,26);/q-1;/p-1. The first kappa shape index (κ1) is 23.2. The molecule has 139 valence electrons. The number of carbonyl (C=O) groups is 1. The van der Waals surface area contributed by atoms with Crippen LogP contribution in [-0.4, -0.2) is 25.1 Å². The summed E-state index contributed by atoms with van der Waals surface area (Å²) in [5.74, 6) is -0.337. The van der Waals surface area contributed by atoms with Crippen molar-refractivity contribution in [3.8, 4) is 0 Å². The number of carbonyl (C=O) groups excluding carboxylic acids is 1. The van der Waals surface area contributed by atoms with E-state index in [0.717, 1.165) is 5.56 Å². The number of amidine groups is 1. The molecule has 0 bridgehead atoms. The molecule has 2 aromatic carbocycles. The Morgan fingerprint density at radius 1 is 1.15 bits per heavy atom. The van der Waals surface area contributed by atoms with E-state index in [0.29, 0.717) is 16.8 Å². The van der Waals surface area contributed by atoms with E-state index in [-0.39, 0.29) is 49.9 Å². The van der Waals surface area contributed by atoms with Crippen molar-refractivity contribution in [3.05, 3.63) is 75.4 Å². The average Bonchev–Trinajstić information content (AvgIpc) is 2.60. The summed E-state index contributed by atoms with van der Waals surface area (Å²) in [5.41, 5.74) is 3.70. The normalized spacial score (nSPS) is 11.0. The second-order valence-electron chi connectivity index (χ2n) is 7.09. The van der Waals surface area contributed by atoms with Crippen LogP contribution in [-0.2, 0) is 38.1 Å². The van der Waals surface area contributed by atoms with E-state index in [1.165, 1.54) is 11.9 Å². The van der Waals surface area contributed by atoms with Crippen LogP contribution in [0.2, 0.25) is 0 Å². The monoisotopic (exact) mass is 437 g/mol. The van der Waals surface area contributed by atoms with Crippen LogP contribution in [0.3, 0.4) is 0 Å². The van der Waals surface area contributed by atoms with Crippen molar-refractivity contribution >= 4 is 23.8 Å². The van der Waals surface area contributed by atoms with Crippen LogP contribution in [0.5, 0.6) is 0 Å². The third kappa shape index (κ3) is 6.08. The number of nitrogens with one attached hydrogen (secondary N) is 1. The first-order valence-electron chi connectivity index (χ1n) is 8.43. The van der Waals surface area contributed by atoms with Crippen LogP contribution in [0.15, 0.2) is 47.5 Å². The van der Waals surface area contributed by atoms with Crippen molar-refractivity contribution in [1.29, 1.82) is 0 Å². The Bertz CT molecular complexity index is 836. The van der Waals surface area contributed by atoms with Crippen molar-refractivity contribution < 1.29 is 37.5 Å². The van der Waals surface area contributed by atoms with Gasteiger partial charge < -0.3 is 21.0 Å². The molecule has 1 radical (unpaired) electrons. The van der Waals surface area contributed by atoms with Crippen LogP contribution >= 0.6 is 0 Å². The molecule has 0 unspecified atom stereocenters. The first-order valence-corrected chi connectivity index (χ1v) is 8.43. The molecular formula is C21H24N4OY-2. The molecular weight excluding hydrogens is 413 g/mol. The van der Waals surface area contributed by atoms with Gasteiger partial charge in [-0.25, -0.2) is 0 Å². The van der Waals surface area contributed by atoms with Gasteiger partial charge in [-0.1, -0.05) is 57.9 Å². The minimum atomic E-state index is -0.197. The van der Waals surface area contributed by atoms with E-state index in [9.17, 15) is 10.2 Å². The molecule has 0 atom stereocenters. The van der Waals surface area contributed by atoms with Gasteiger partial charge in [-0.05, 0) is 47.2 Å². The molecule has 0 saturated heterocycles. The molecule has 0 heterocycles. The number of nitrogens with zero attached hydrogens (tertiary/aromatic N) is 3. The Morgan fingerprint density at radius 2 is 1.78 bits per heavy atom. The maximum atomic E-state index is 12.6. The smallest absolute Gasteiger partial charge is 0.255 e. The number of rotatable bonds is 4. The van der Waals surface area contributed by atoms with Crippen LogP contribution in [0, 0.1) is 6.92 Å². The first-order chi connectivity index (χ1) is 12.2. The molecule has 1 N–H and O–H groups in total. The van der Waals surface area contributed by atoms with Crippen molar-refractivity contribution in [1.82, 2.24) is 0 Å². The zero-order chi connectivity index (χ0) is 19.3. The van der Waals surface area contributed by atoms with Gasteiger partial charge in [0.05, 0.1) is 0 Å². The largest absolute Gasteiger partial charge is 0.475 e. The average molecular weight is 437 g/mol. The van der Waals surface area contributed by atoms with E-state index in [2.05, 4.69) is 36.4 Å². The van der Waals surface area contributed by atoms with Gasteiger partial charge in [0.2, 0.25) is 0 Å². The molecule has 2 aromatic rings. The van der Waals surface area contributed by atoms with Crippen LogP contribution in [0.1, 0.15) is 47.8 Å². The Labute approximate surface area is 186 Å². The molecule has 2 rings (SSSR count). The van der Waals surface area contributed by atoms with E-state index in [1.54, 1.807) is 25.2 Å².